The van der Waals surface area contributed by atoms with Gasteiger partial charge >= 0.3 is 0 Å². The third kappa shape index (κ3) is 6.90. The molecule has 1 atom stereocenters. The molecule has 180 valence electrons. The third-order valence-electron chi connectivity index (χ3n) is 5.13. The van der Waals surface area contributed by atoms with Gasteiger partial charge in [-0.05, 0) is 72.8 Å². The number of halogens is 3. The van der Waals surface area contributed by atoms with E-state index >= 15 is 0 Å². The lowest BCUT2D eigenvalue weighted by Gasteiger charge is -2.24. The molecule has 0 aliphatic heterocycles. The number of hydrogen-bond acceptors (Lipinski definition) is 4. The fraction of sp³-hybridized carbons (Fsp3) is 0.208. The largest absolute Gasteiger partial charge is 0.348 e. The first-order valence-corrected chi connectivity index (χ1v) is 14.0. The molecule has 0 fully saturated rings. The van der Waals surface area contributed by atoms with Gasteiger partial charge in [-0.15, -0.1) is 11.8 Å². The Bertz CT molecular complexity index is 1250. The number of carbonyl (C=O) groups is 1. The molecule has 34 heavy (non-hydrogen) atoms. The van der Waals surface area contributed by atoms with Crippen molar-refractivity contribution in [3.8, 4) is 0 Å². The van der Waals surface area contributed by atoms with E-state index in [0.717, 1.165) is 14.8 Å². The molecule has 0 saturated carbocycles. The van der Waals surface area contributed by atoms with E-state index in [2.05, 4.69) is 5.32 Å². The minimum Gasteiger partial charge on any atom is -0.348 e. The van der Waals surface area contributed by atoms with Crippen LogP contribution in [0.3, 0.4) is 0 Å². The average Bonchev–Trinajstić information content (AvgIpc) is 2.80. The van der Waals surface area contributed by atoms with E-state index in [0.29, 0.717) is 20.6 Å². The fourth-order valence-corrected chi connectivity index (χ4v) is 5.62. The normalized spacial score (nSPS) is 12.5. The zero-order valence-electron chi connectivity index (χ0n) is 18.5. The molecule has 0 radical (unpaired) electrons. The van der Waals surface area contributed by atoms with Crippen molar-refractivity contribution >= 4 is 62.5 Å². The lowest BCUT2D eigenvalue weighted by Crippen LogP contribution is -2.41. The van der Waals surface area contributed by atoms with Crippen LogP contribution in [0.25, 0.3) is 0 Å². The monoisotopic (exact) mass is 556 g/mol. The quantitative estimate of drug-likeness (QED) is 0.308. The molecule has 0 bridgehead atoms. The van der Waals surface area contributed by atoms with Crippen molar-refractivity contribution in [1.82, 2.24) is 9.62 Å². The van der Waals surface area contributed by atoms with Gasteiger partial charge in [-0.3, -0.25) is 4.79 Å². The van der Waals surface area contributed by atoms with Crippen molar-refractivity contribution in [3.63, 3.8) is 0 Å². The number of hydrogen-bond donors (Lipinski definition) is 1. The van der Waals surface area contributed by atoms with Gasteiger partial charge in [0.05, 0.1) is 17.5 Å². The van der Waals surface area contributed by atoms with Crippen molar-refractivity contribution in [3.05, 3.63) is 92.9 Å². The highest BCUT2D eigenvalue weighted by molar-refractivity contribution is 7.98. The van der Waals surface area contributed by atoms with E-state index in [1.807, 2.05) is 37.4 Å². The van der Waals surface area contributed by atoms with Crippen LogP contribution in [-0.2, 0) is 21.4 Å². The van der Waals surface area contributed by atoms with Crippen LogP contribution in [0.4, 0.5) is 0 Å². The highest BCUT2D eigenvalue weighted by Gasteiger charge is 2.28. The molecule has 1 unspecified atom stereocenters. The Morgan fingerprint density at radius 2 is 1.59 bits per heavy atom. The molecule has 1 amide bonds. The second-order valence-electron chi connectivity index (χ2n) is 7.53. The summed E-state index contributed by atoms with van der Waals surface area (Å²) >= 11 is 19.8. The maximum atomic E-state index is 13.4. The van der Waals surface area contributed by atoms with E-state index in [9.17, 15) is 13.2 Å². The van der Waals surface area contributed by atoms with Gasteiger partial charge in [0.25, 0.3) is 0 Å². The smallest absolute Gasteiger partial charge is 0.243 e. The lowest BCUT2D eigenvalue weighted by atomic mass is 10.1. The molecule has 3 aromatic rings. The maximum absolute atomic E-state index is 13.4. The van der Waals surface area contributed by atoms with Gasteiger partial charge in [-0.25, -0.2) is 8.42 Å². The van der Waals surface area contributed by atoms with Crippen molar-refractivity contribution in [1.29, 1.82) is 0 Å². The summed E-state index contributed by atoms with van der Waals surface area (Å²) in [5, 5.41) is 4.03. The summed E-state index contributed by atoms with van der Waals surface area (Å²) in [6.45, 7) is 1.35. The van der Waals surface area contributed by atoms with Crippen molar-refractivity contribution in [2.24, 2.45) is 0 Å². The van der Waals surface area contributed by atoms with Crippen molar-refractivity contribution in [2.45, 2.75) is 29.3 Å². The fourth-order valence-electron chi connectivity index (χ4n) is 3.24. The minimum atomic E-state index is -4.03. The first-order valence-electron chi connectivity index (χ1n) is 10.2. The zero-order chi connectivity index (χ0) is 24.9. The Labute approximate surface area is 219 Å². The van der Waals surface area contributed by atoms with Gasteiger partial charge in [-0.1, -0.05) is 53.0 Å². The van der Waals surface area contributed by atoms with Gasteiger partial charge in [0, 0.05) is 26.5 Å². The Hall–Kier alpha value is -1.74. The molecule has 0 heterocycles. The maximum Gasteiger partial charge on any atom is 0.243 e. The summed E-state index contributed by atoms with van der Waals surface area (Å²) in [6.07, 6.45) is 1.99. The van der Waals surface area contributed by atoms with E-state index in [4.69, 9.17) is 34.8 Å². The lowest BCUT2D eigenvalue weighted by molar-refractivity contribution is -0.122. The van der Waals surface area contributed by atoms with Gasteiger partial charge in [0.15, 0.2) is 0 Å². The van der Waals surface area contributed by atoms with E-state index < -0.39 is 22.5 Å². The Morgan fingerprint density at radius 3 is 2.18 bits per heavy atom. The molecule has 0 aliphatic carbocycles. The number of nitrogens with one attached hydrogen (secondary N) is 1. The van der Waals surface area contributed by atoms with Crippen LogP contribution in [0.15, 0.2) is 76.5 Å². The first kappa shape index (κ1) is 26.9. The van der Waals surface area contributed by atoms with Gasteiger partial charge in [0.2, 0.25) is 15.9 Å². The molecule has 0 aliphatic rings. The molecule has 0 saturated heterocycles. The average molecular weight is 558 g/mol. The van der Waals surface area contributed by atoms with Crippen LogP contribution in [0.1, 0.15) is 24.1 Å². The second-order valence-corrected chi connectivity index (χ2v) is 11.6. The number of carbonyl (C=O) groups excluding carboxylic acids is 1. The van der Waals surface area contributed by atoms with Crippen LogP contribution >= 0.6 is 46.6 Å². The van der Waals surface area contributed by atoms with Crippen LogP contribution in [-0.4, -0.2) is 31.4 Å². The molecular weight excluding hydrogens is 535 g/mol. The Balaban J connectivity index is 1.84. The van der Waals surface area contributed by atoms with Crippen molar-refractivity contribution < 1.29 is 13.2 Å². The molecular formula is C24H23Cl3N2O3S2. The Morgan fingerprint density at radius 1 is 0.971 bits per heavy atom. The number of sulfonamides is 1. The summed E-state index contributed by atoms with van der Waals surface area (Å²) < 4.78 is 27.9. The summed E-state index contributed by atoms with van der Waals surface area (Å²) in [4.78, 5) is 14.1. The minimum absolute atomic E-state index is 0.0236. The molecule has 0 spiro atoms. The third-order valence-corrected chi connectivity index (χ3v) is 8.51. The highest BCUT2D eigenvalue weighted by Crippen LogP contribution is 2.26. The molecule has 5 nitrogen and oxygen atoms in total. The number of nitrogens with zero attached hydrogens (tertiary/aromatic N) is 1. The molecule has 3 rings (SSSR count). The molecule has 10 heteroatoms. The molecule has 1 N–H and O–H groups in total. The van der Waals surface area contributed by atoms with Gasteiger partial charge in [-0.2, -0.15) is 4.31 Å². The predicted molar refractivity (Wildman–Crippen MR) is 140 cm³/mol. The number of thioether (sulfide) groups is 1. The Kier molecular flexibility index (Phi) is 9.32. The summed E-state index contributed by atoms with van der Waals surface area (Å²) in [5.41, 5.74) is 1.44. The molecule has 0 aromatic heterocycles. The van der Waals surface area contributed by atoms with Crippen LogP contribution in [0, 0.1) is 0 Å². The van der Waals surface area contributed by atoms with Crippen molar-refractivity contribution in [2.75, 3.05) is 12.8 Å². The van der Waals surface area contributed by atoms with Crippen LogP contribution in [0.2, 0.25) is 15.1 Å². The number of rotatable bonds is 9. The van der Waals surface area contributed by atoms with Crippen LogP contribution < -0.4 is 5.32 Å². The summed E-state index contributed by atoms with van der Waals surface area (Å²) in [6, 6.07) is 18.1. The highest BCUT2D eigenvalue weighted by atomic mass is 35.5. The van der Waals surface area contributed by atoms with Crippen LogP contribution in [0.5, 0.6) is 0 Å². The summed E-state index contributed by atoms with van der Waals surface area (Å²) in [7, 11) is -4.03. The van der Waals surface area contributed by atoms with Gasteiger partial charge < -0.3 is 5.32 Å². The number of amides is 1. The van der Waals surface area contributed by atoms with E-state index in [1.165, 1.54) is 30.3 Å². The standard InChI is InChI=1S/C24H23Cl3N2O3S2/c1-16(17-4-9-21(33-2)10-5-17)28-24(30)15-29(14-18-3-6-20(26)13-23(18)27)34(31,32)22-11-7-19(25)8-12-22/h3-13,16H,14-15H2,1-2H3,(H,28,30). The topological polar surface area (TPSA) is 66.5 Å². The van der Waals surface area contributed by atoms with E-state index in [1.54, 1.807) is 23.9 Å². The molecule has 3 aromatic carbocycles. The SMILES string of the molecule is CSc1ccc(C(C)NC(=O)CN(Cc2ccc(Cl)cc2Cl)S(=O)(=O)c2ccc(Cl)cc2)cc1. The van der Waals surface area contributed by atoms with Gasteiger partial charge in [0.1, 0.15) is 0 Å². The summed E-state index contributed by atoms with van der Waals surface area (Å²) in [5.74, 6) is -0.441. The number of benzene rings is 3. The zero-order valence-corrected chi connectivity index (χ0v) is 22.4. The predicted octanol–water partition coefficient (Wildman–Crippen LogP) is 6.44. The second kappa shape index (κ2) is 11.8. The first-order chi connectivity index (χ1) is 16.1. The van der Waals surface area contributed by atoms with E-state index in [-0.39, 0.29) is 17.5 Å².